The molecule has 2 aromatic carbocycles. The average molecular weight is 391 g/mol. The Labute approximate surface area is 162 Å². The molecule has 1 N–H and O–H groups in total. The maximum Gasteiger partial charge on any atom is 0.229 e. The number of ether oxygens (including phenoxy) is 1. The summed E-state index contributed by atoms with van der Waals surface area (Å²) in [4.78, 5) is 26.3. The van der Waals surface area contributed by atoms with Gasteiger partial charge in [-0.3, -0.25) is 9.59 Å². The molecule has 1 atom stereocenters. The number of carbonyl (C=O) groups excluding carboxylic acids is 2. The van der Waals surface area contributed by atoms with Gasteiger partial charge in [-0.15, -0.1) is 0 Å². The van der Waals surface area contributed by atoms with Crippen LogP contribution < -0.4 is 15.0 Å². The molecule has 1 fully saturated rings. The van der Waals surface area contributed by atoms with Crippen molar-refractivity contribution in [1.82, 2.24) is 0 Å². The van der Waals surface area contributed by atoms with Crippen LogP contribution in [-0.2, 0) is 9.59 Å². The van der Waals surface area contributed by atoms with Crippen molar-refractivity contribution in [2.45, 2.75) is 20.3 Å². The first-order chi connectivity index (χ1) is 12.9. The van der Waals surface area contributed by atoms with Crippen molar-refractivity contribution in [3.63, 3.8) is 0 Å². The van der Waals surface area contributed by atoms with Crippen molar-refractivity contribution in [3.8, 4) is 5.75 Å². The first kappa shape index (κ1) is 19.2. The van der Waals surface area contributed by atoms with Crippen molar-refractivity contribution in [3.05, 3.63) is 52.8 Å². The number of para-hydroxylation sites is 1. The Bertz CT molecular complexity index is 888. The molecule has 5 nitrogen and oxygen atoms in total. The number of benzene rings is 2. The van der Waals surface area contributed by atoms with Gasteiger partial charge in [-0.2, -0.15) is 0 Å². The van der Waals surface area contributed by atoms with Gasteiger partial charge >= 0.3 is 0 Å². The highest BCUT2D eigenvalue weighted by Crippen LogP contribution is 2.34. The van der Waals surface area contributed by atoms with E-state index >= 15 is 0 Å². The highest BCUT2D eigenvalue weighted by atomic mass is 35.5. The van der Waals surface area contributed by atoms with Crippen LogP contribution in [-0.4, -0.2) is 25.0 Å². The van der Waals surface area contributed by atoms with E-state index in [1.165, 1.54) is 11.0 Å². The van der Waals surface area contributed by atoms with Crippen molar-refractivity contribution >= 4 is 34.8 Å². The summed E-state index contributed by atoms with van der Waals surface area (Å²) in [5, 5.41) is 3.16. The number of hydrogen-bond acceptors (Lipinski definition) is 3. The number of aryl methyl sites for hydroxylation is 1. The van der Waals surface area contributed by atoms with Crippen LogP contribution in [0.2, 0.25) is 5.02 Å². The normalized spacial score (nSPS) is 16.5. The number of anilines is 2. The predicted molar refractivity (Wildman–Crippen MR) is 103 cm³/mol. The summed E-state index contributed by atoms with van der Waals surface area (Å²) in [6, 6.07) is 9.73. The molecule has 2 aromatic rings. The number of halogens is 2. The molecular weight excluding hydrogens is 371 g/mol. The van der Waals surface area contributed by atoms with Crippen LogP contribution in [0.4, 0.5) is 15.8 Å². The van der Waals surface area contributed by atoms with Crippen LogP contribution >= 0.6 is 11.6 Å². The van der Waals surface area contributed by atoms with E-state index in [0.717, 1.165) is 5.56 Å². The molecule has 1 aliphatic rings. The van der Waals surface area contributed by atoms with Gasteiger partial charge in [0, 0.05) is 13.0 Å². The van der Waals surface area contributed by atoms with Crippen LogP contribution in [0.3, 0.4) is 0 Å². The smallest absolute Gasteiger partial charge is 0.229 e. The summed E-state index contributed by atoms with van der Waals surface area (Å²) in [5.74, 6) is -1.29. The lowest BCUT2D eigenvalue weighted by Gasteiger charge is -2.18. The lowest BCUT2D eigenvalue weighted by atomic mass is 10.1. The quantitative estimate of drug-likeness (QED) is 0.833. The second-order valence-electron chi connectivity index (χ2n) is 6.40. The van der Waals surface area contributed by atoms with Gasteiger partial charge in [0.05, 0.1) is 28.9 Å². The van der Waals surface area contributed by atoms with Crippen LogP contribution in [0, 0.1) is 18.7 Å². The van der Waals surface area contributed by atoms with Gasteiger partial charge in [-0.25, -0.2) is 4.39 Å². The molecule has 0 saturated carbocycles. The second-order valence-corrected chi connectivity index (χ2v) is 6.81. The molecule has 7 heteroatoms. The number of amides is 2. The summed E-state index contributed by atoms with van der Waals surface area (Å²) in [6.45, 7) is 4.11. The van der Waals surface area contributed by atoms with Gasteiger partial charge in [0.25, 0.3) is 0 Å². The zero-order valence-electron chi connectivity index (χ0n) is 15.1. The molecule has 0 bridgehead atoms. The molecule has 142 valence electrons. The maximum absolute atomic E-state index is 14.2. The maximum atomic E-state index is 14.2. The molecule has 1 aliphatic heterocycles. The van der Waals surface area contributed by atoms with Crippen LogP contribution in [0.1, 0.15) is 18.9 Å². The van der Waals surface area contributed by atoms with Crippen molar-refractivity contribution in [2.24, 2.45) is 5.92 Å². The molecule has 1 heterocycles. The highest BCUT2D eigenvalue weighted by Gasteiger charge is 2.36. The largest absolute Gasteiger partial charge is 0.490 e. The molecule has 0 radical (unpaired) electrons. The van der Waals surface area contributed by atoms with Gasteiger partial charge in [-0.05, 0) is 43.7 Å². The minimum atomic E-state index is -0.591. The molecule has 27 heavy (non-hydrogen) atoms. The summed E-state index contributed by atoms with van der Waals surface area (Å²) in [6.07, 6.45) is 0.0175. The van der Waals surface area contributed by atoms with Crippen LogP contribution in [0.25, 0.3) is 0 Å². The van der Waals surface area contributed by atoms with Gasteiger partial charge in [0.15, 0.2) is 5.75 Å². The standard InChI is InChI=1S/C20H20ClFN2O3/c1-3-27-19-14(21)5-4-6-16(19)23-20(26)13-10-18(25)24(11-13)17-8-7-12(2)9-15(17)22/h4-9,13H,3,10-11H2,1-2H3,(H,23,26). The fourth-order valence-corrected chi connectivity index (χ4v) is 3.31. The summed E-state index contributed by atoms with van der Waals surface area (Å²) >= 11 is 6.13. The van der Waals surface area contributed by atoms with Crippen molar-refractivity contribution < 1.29 is 18.7 Å². The average Bonchev–Trinajstić information content (AvgIpc) is 3.00. The number of nitrogens with one attached hydrogen (secondary N) is 1. The minimum absolute atomic E-state index is 0.0175. The van der Waals surface area contributed by atoms with E-state index in [0.29, 0.717) is 23.1 Å². The topological polar surface area (TPSA) is 58.6 Å². The van der Waals surface area contributed by atoms with Gasteiger partial charge in [-0.1, -0.05) is 23.7 Å². The Morgan fingerprint density at radius 2 is 2.15 bits per heavy atom. The molecule has 0 aromatic heterocycles. The van der Waals surface area contributed by atoms with E-state index in [-0.39, 0.29) is 30.5 Å². The first-order valence-electron chi connectivity index (χ1n) is 8.69. The Hall–Kier alpha value is -2.60. The van der Waals surface area contributed by atoms with Gasteiger partial charge < -0.3 is 15.0 Å². The Morgan fingerprint density at radius 3 is 2.85 bits per heavy atom. The Balaban J connectivity index is 1.76. The fourth-order valence-electron chi connectivity index (χ4n) is 3.08. The number of rotatable bonds is 5. The lowest BCUT2D eigenvalue weighted by molar-refractivity contribution is -0.122. The molecular formula is C20H20ClFN2O3. The minimum Gasteiger partial charge on any atom is -0.490 e. The molecule has 0 aliphatic carbocycles. The third kappa shape index (κ3) is 4.06. The monoisotopic (exact) mass is 390 g/mol. The molecule has 2 amide bonds. The Morgan fingerprint density at radius 1 is 1.37 bits per heavy atom. The lowest BCUT2D eigenvalue weighted by Crippen LogP contribution is -2.28. The van der Waals surface area contributed by atoms with Crippen molar-refractivity contribution in [2.75, 3.05) is 23.4 Å². The summed E-state index contributed by atoms with van der Waals surface area (Å²) in [5.41, 5.74) is 1.40. The summed E-state index contributed by atoms with van der Waals surface area (Å²) in [7, 11) is 0. The highest BCUT2D eigenvalue weighted by molar-refractivity contribution is 6.32. The van der Waals surface area contributed by atoms with Gasteiger partial charge in [0.2, 0.25) is 11.8 Å². The number of hydrogen-bond donors (Lipinski definition) is 1. The zero-order valence-corrected chi connectivity index (χ0v) is 15.8. The van der Waals surface area contributed by atoms with E-state index in [1.54, 1.807) is 37.3 Å². The molecule has 1 saturated heterocycles. The predicted octanol–water partition coefficient (Wildman–Crippen LogP) is 4.18. The first-order valence-corrected chi connectivity index (χ1v) is 9.07. The molecule has 3 rings (SSSR count). The van der Waals surface area contributed by atoms with E-state index in [2.05, 4.69) is 5.32 Å². The van der Waals surface area contributed by atoms with E-state index < -0.39 is 11.7 Å². The zero-order chi connectivity index (χ0) is 19.6. The number of nitrogens with zero attached hydrogens (tertiary/aromatic N) is 1. The fraction of sp³-hybridized carbons (Fsp3) is 0.300. The SMILES string of the molecule is CCOc1c(Cl)cccc1NC(=O)C1CC(=O)N(c2ccc(C)cc2F)C1. The third-order valence-electron chi connectivity index (χ3n) is 4.40. The van der Waals surface area contributed by atoms with E-state index in [9.17, 15) is 14.0 Å². The molecule has 0 spiro atoms. The third-order valence-corrected chi connectivity index (χ3v) is 4.70. The second kappa shape index (κ2) is 7.96. The van der Waals surface area contributed by atoms with Crippen molar-refractivity contribution in [1.29, 1.82) is 0 Å². The Kier molecular flexibility index (Phi) is 5.65. The van der Waals surface area contributed by atoms with Gasteiger partial charge in [0.1, 0.15) is 5.82 Å². The van der Waals surface area contributed by atoms with E-state index in [4.69, 9.17) is 16.3 Å². The number of carbonyl (C=O) groups is 2. The van der Waals surface area contributed by atoms with E-state index in [1.807, 2.05) is 6.92 Å². The van der Waals surface area contributed by atoms with Crippen LogP contribution in [0.15, 0.2) is 36.4 Å². The molecule has 1 unspecified atom stereocenters. The van der Waals surface area contributed by atoms with Crippen LogP contribution in [0.5, 0.6) is 5.75 Å². The summed E-state index contributed by atoms with van der Waals surface area (Å²) < 4.78 is 19.7.